The first-order valence-corrected chi connectivity index (χ1v) is 13.1. The van der Waals surface area contributed by atoms with Crippen LogP contribution in [-0.4, -0.2) is 49.0 Å². The number of carbonyl (C=O) groups excluding carboxylic acids is 1. The van der Waals surface area contributed by atoms with Crippen LogP contribution in [0, 0.1) is 11.7 Å². The predicted molar refractivity (Wildman–Crippen MR) is 147 cm³/mol. The van der Waals surface area contributed by atoms with E-state index in [9.17, 15) is 4.79 Å². The van der Waals surface area contributed by atoms with Gasteiger partial charge in [-0.3, -0.25) is 14.9 Å². The fourth-order valence-corrected chi connectivity index (χ4v) is 5.08. The molecule has 0 bridgehead atoms. The molecule has 194 valence electrons. The van der Waals surface area contributed by atoms with E-state index in [-0.39, 0.29) is 11.8 Å². The number of benzene rings is 1. The van der Waals surface area contributed by atoms with Crippen molar-refractivity contribution < 1.29 is 9.18 Å². The van der Waals surface area contributed by atoms with Crippen LogP contribution in [0.2, 0.25) is 0 Å². The molecule has 0 radical (unpaired) electrons. The summed E-state index contributed by atoms with van der Waals surface area (Å²) in [5.74, 6) is -0.0579. The second-order valence-electron chi connectivity index (χ2n) is 10.2. The van der Waals surface area contributed by atoms with Gasteiger partial charge in [-0.25, -0.2) is 9.37 Å². The molecule has 0 atom stereocenters. The van der Waals surface area contributed by atoms with E-state index in [1.54, 1.807) is 24.5 Å². The molecule has 2 aliphatic rings. The Labute approximate surface area is 220 Å². The van der Waals surface area contributed by atoms with E-state index >= 15 is 4.39 Å². The van der Waals surface area contributed by atoms with Gasteiger partial charge in [0, 0.05) is 59.9 Å². The van der Waals surface area contributed by atoms with E-state index in [1.807, 2.05) is 13.8 Å². The number of rotatable bonds is 5. The average Bonchev–Trinajstić information content (AvgIpc) is 3.47. The van der Waals surface area contributed by atoms with Crippen molar-refractivity contribution in [1.82, 2.24) is 30.0 Å². The summed E-state index contributed by atoms with van der Waals surface area (Å²) >= 11 is 0. The Morgan fingerprint density at radius 2 is 1.95 bits per heavy atom. The zero-order valence-electron chi connectivity index (χ0n) is 21.5. The number of anilines is 1. The van der Waals surface area contributed by atoms with Crippen molar-refractivity contribution in [2.45, 2.75) is 39.5 Å². The molecule has 9 heteroatoms. The summed E-state index contributed by atoms with van der Waals surface area (Å²) in [6, 6.07) is 4.94. The van der Waals surface area contributed by atoms with Crippen LogP contribution in [0.1, 0.15) is 44.5 Å². The van der Waals surface area contributed by atoms with Gasteiger partial charge in [0.05, 0.1) is 23.1 Å². The van der Waals surface area contributed by atoms with Crippen molar-refractivity contribution in [2.24, 2.45) is 5.92 Å². The van der Waals surface area contributed by atoms with Crippen molar-refractivity contribution in [3.05, 3.63) is 66.0 Å². The Bertz CT molecular complexity index is 1570. The molecule has 0 saturated carbocycles. The molecular weight excluding hydrogens is 481 g/mol. The lowest BCUT2D eigenvalue weighted by Gasteiger charge is -2.30. The van der Waals surface area contributed by atoms with E-state index in [4.69, 9.17) is 4.98 Å². The topological polar surface area (TPSA) is 103 Å². The maximum atomic E-state index is 15.2. The molecule has 3 N–H and O–H groups in total. The van der Waals surface area contributed by atoms with E-state index in [2.05, 4.69) is 48.6 Å². The van der Waals surface area contributed by atoms with Gasteiger partial charge >= 0.3 is 0 Å². The molecule has 0 unspecified atom stereocenters. The Morgan fingerprint density at radius 3 is 2.76 bits per heavy atom. The minimum absolute atomic E-state index is 0.123. The first-order chi connectivity index (χ1) is 18.5. The van der Waals surface area contributed by atoms with Gasteiger partial charge in [-0.1, -0.05) is 26.0 Å². The number of H-pyrrole nitrogens is 2. The molecule has 4 aromatic rings. The fourth-order valence-electron chi connectivity index (χ4n) is 5.08. The van der Waals surface area contributed by atoms with Crippen LogP contribution >= 0.6 is 0 Å². The summed E-state index contributed by atoms with van der Waals surface area (Å²) in [7, 11) is 0. The van der Waals surface area contributed by atoms with Gasteiger partial charge in [-0.15, -0.1) is 0 Å². The highest BCUT2D eigenvalue weighted by Gasteiger charge is 2.24. The monoisotopic (exact) mass is 511 g/mol. The SMILES string of the molecule is CC(C)C(=O)Nc1cncc(-c2cc3c(-c4nc5c([nH]4)CC=CC=C5N4CCCCC4)n[nH]c3cc2F)c1. The van der Waals surface area contributed by atoms with E-state index in [0.717, 1.165) is 42.0 Å². The van der Waals surface area contributed by atoms with Crippen LogP contribution in [0.25, 0.3) is 39.2 Å². The molecular formula is C29H30FN7O. The predicted octanol–water partition coefficient (Wildman–Crippen LogP) is 5.69. The minimum atomic E-state index is -0.405. The fraction of sp³-hybridized carbons (Fsp3) is 0.310. The number of nitrogens with zero attached hydrogens (tertiary/aromatic N) is 4. The number of carbonyl (C=O) groups is 1. The number of imidazole rings is 1. The van der Waals surface area contributed by atoms with Crippen molar-refractivity contribution in [1.29, 1.82) is 0 Å². The highest BCUT2D eigenvalue weighted by atomic mass is 19.1. The van der Waals surface area contributed by atoms with Crippen LogP contribution in [0.15, 0.2) is 48.8 Å². The van der Waals surface area contributed by atoms with Crippen molar-refractivity contribution >= 4 is 28.2 Å². The minimum Gasteiger partial charge on any atom is -0.370 e. The van der Waals surface area contributed by atoms with E-state index in [1.165, 1.54) is 25.3 Å². The first-order valence-electron chi connectivity index (χ1n) is 13.1. The number of amides is 1. The van der Waals surface area contributed by atoms with Gasteiger partial charge in [0.15, 0.2) is 5.82 Å². The summed E-state index contributed by atoms with van der Waals surface area (Å²) in [6.07, 6.45) is 13.9. The number of likely N-dealkylation sites (tertiary alicyclic amines) is 1. The van der Waals surface area contributed by atoms with Gasteiger partial charge < -0.3 is 15.2 Å². The number of hydrogen-bond acceptors (Lipinski definition) is 5. The number of halogens is 1. The largest absolute Gasteiger partial charge is 0.370 e. The molecule has 0 spiro atoms. The average molecular weight is 512 g/mol. The summed E-state index contributed by atoms with van der Waals surface area (Å²) in [6.45, 7) is 5.69. The molecule has 1 amide bonds. The number of nitrogens with one attached hydrogen (secondary N) is 3. The normalized spacial score (nSPS) is 15.5. The molecule has 1 aromatic carbocycles. The van der Waals surface area contributed by atoms with Gasteiger partial charge in [0.1, 0.15) is 17.2 Å². The third-order valence-electron chi connectivity index (χ3n) is 7.15. The van der Waals surface area contributed by atoms with E-state index < -0.39 is 5.82 Å². The molecule has 1 aliphatic carbocycles. The Hall–Kier alpha value is -4.27. The lowest BCUT2D eigenvalue weighted by Crippen LogP contribution is -2.28. The van der Waals surface area contributed by atoms with Crippen LogP contribution in [-0.2, 0) is 11.2 Å². The van der Waals surface area contributed by atoms with Gasteiger partial charge in [0.25, 0.3) is 0 Å². The number of hydrogen-bond donors (Lipinski definition) is 3. The van der Waals surface area contributed by atoms with Crippen molar-refractivity contribution in [3.63, 3.8) is 0 Å². The van der Waals surface area contributed by atoms with Crippen LogP contribution in [0.4, 0.5) is 10.1 Å². The van der Waals surface area contributed by atoms with Gasteiger partial charge in [0.2, 0.25) is 5.91 Å². The van der Waals surface area contributed by atoms with Crippen LogP contribution < -0.4 is 5.32 Å². The maximum Gasteiger partial charge on any atom is 0.226 e. The maximum absolute atomic E-state index is 15.2. The number of aromatic amines is 2. The quantitative estimate of drug-likeness (QED) is 0.320. The number of aromatic nitrogens is 5. The third-order valence-corrected chi connectivity index (χ3v) is 7.15. The van der Waals surface area contributed by atoms with E-state index in [0.29, 0.717) is 33.8 Å². The van der Waals surface area contributed by atoms with Crippen molar-refractivity contribution in [3.8, 4) is 22.6 Å². The Morgan fingerprint density at radius 1 is 1.11 bits per heavy atom. The molecule has 1 fully saturated rings. The zero-order valence-corrected chi connectivity index (χ0v) is 21.5. The molecule has 3 aromatic heterocycles. The van der Waals surface area contributed by atoms with Crippen LogP contribution in [0.5, 0.6) is 0 Å². The number of pyridine rings is 1. The number of piperidine rings is 1. The Kier molecular flexibility index (Phi) is 6.27. The lowest BCUT2D eigenvalue weighted by molar-refractivity contribution is -0.118. The molecule has 38 heavy (non-hydrogen) atoms. The summed E-state index contributed by atoms with van der Waals surface area (Å²) < 4.78 is 15.2. The molecule has 6 rings (SSSR count). The lowest BCUT2D eigenvalue weighted by atomic mass is 10.0. The number of allylic oxidation sites excluding steroid dienone is 3. The Balaban J connectivity index is 1.39. The summed E-state index contributed by atoms with van der Waals surface area (Å²) in [5, 5.41) is 11.1. The second kappa shape index (κ2) is 9.89. The van der Waals surface area contributed by atoms with Gasteiger partial charge in [-0.05, 0) is 37.5 Å². The smallest absolute Gasteiger partial charge is 0.226 e. The first kappa shape index (κ1) is 24.1. The third kappa shape index (κ3) is 4.49. The highest BCUT2D eigenvalue weighted by Crippen LogP contribution is 2.34. The number of fused-ring (bicyclic) bond motifs is 2. The summed E-state index contributed by atoms with van der Waals surface area (Å²) in [4.78, 5) is 27.3. The molecule has 4 heterocycles. The van der Waals surface area contributed by atoms with Crippen molar-refractivity contribution in [2.75, 3.05) is 18.4 Å². The second-order valence-corrected chi connectivity index (χ2v) is 10.2. The van der Waals surface area contributed by atoms with Gasteiger partial charge in [-0.2, -0.15) is 5.10 Å². The van der Waals surface area contributed by atoms with Crippen LogP contribution in [0.3, 0.4) is 0 Å². The summed E-state index contributed by atoms with van der Waals surface area (Å²) in [5.41, 5.74) is 5.80. The standard InChI is InChI=1S/C29H30FN7O/c1-17(2)29(38)32-19-12-18(15-31-16-19)20-13-21-24(14-22(20)30)35-36-26(21)28-33-23-8-4-5-9-25(27(23)34-28)37-10-6-3-7-11-37/h4-5,9,12-17H,3,6-8,10-11H2,1-2H3,(H,32,38)(H,33,34)(H,35,36). The molecule has 1 saturated heterocycles. The molecule has 1 aliphatic heterocycles. The zero-order chi connectivity index (χ0) is 26.2. The highest BCUT2D eigenvalue weighted by molar-refractivity contribution is 5.96. The molecule has 8 nitrogen and oxygen atoms in total.